The summed E-state index contributed by atoms with van der Waals surface area (Å²) in [5.41, 5.74) is 0.289. The lowest BCUT2D eigenvalue weighted by atomic mass is 10.3. The second-order valence-corrected chi connectivity index (χ2v) is 7.09. The van der Waals surface area contributed by atoms with Crippen LogP contribution in [0.5, 0.6) is 5.75 Å². The Bertz CT molecular complexity index is 746. The Balaban J connectivity index is 2.52. The minimum absolute atomic E-state index is 0.0674. The fourth-order valence-corrected chi connectivity index (χ4v) is 3.01. The molecule has 1 aromatic carbocycles. The first kappa shape index (κ1) is 13.5. The summed E-state index contributed by atoms with van der Waals surface area (Å²) >= 11 is 4.12. The lowest BCUT2D eigenvalue weighted by Gasteiger charge is -2.12. The second kappa shape index (κ2) is 4.65. The van der Waals surface area contributed by atoms with Crippen molar-refractivity contribution in [2.75, 3.05) is 14.1 Å². The van der Waals surface area contributed by atoms with Crippen LogP contribution in [0.3, 0.4) is 0 Å². The molecule has 9 heteroatoms. The summed E-state index contributed by atoms with van der Waals surface area (Å²) in [6.07, 6.45) is 0. The van der Waals surface area contributed by atoms with Crippen molar-refractivity contribution >= 4 is 47.9 Å². The Morgan fingerprint density at radius 1 is 1.39 bits per heavy atom. The molecule has 1 aromatic heterocycles. The minimum Gasteiger partial charge on any atom is -0.414 e. The number of rotatable bonds is 3. The Morgan fingerprint density at radius 3 is 2.67 bits per heavy atom. The molecule has 0 aliphatic heterocycles. The van der Waals surface area contributed by atoms with Crippen LogP contribution in [-0.2, 0) is 10.3 Å². The summed E-state index contributed by atoms with van der Waals surface area (Å²) < 4.78 is 34.9. The van der Waals surface area contributed by atoms with Gasteiger partial charge in [-0.05, 0) is 22.0 Å². The van der Waals surface area contributed by atoms with E-state index in [2.05, 4.69) is 15.9 Å². The molecule has 0 aliphatic rings. The predicted molar refractivity (Wildman–Crippen MR) is 71.3 cm³/mol. The zero-order valence-corrected chi connectivity index (χ0v) is 12.6. The van der Waals surface area contributed by atoms with Crippen molar-refractivity contribution in [3.05, 3.63) is 26.3 Å². The first-order valence-electron chi connectivity index (χ1n) is 4.65. The van der Waals surface area contributed by atoms with Gasteiger partial charge in [-0.1, -0.05) is 11.3 Å². The van der Waals surface area contributed by atoms with E-state index in [1.807, 2.05) is 0 Å². The molecule has 98 valence electrons. The van der Waals surface area contributed by atoms with E-state index in [1.54, 1.807) is 6.07 Å². The highest BCUT2D eigenvalue weighted by molar-refractivity contribution is 9.10. The first-order chi connectivity index (χ1) is 8.29. The molecule has 0 N–H and O–H groups in total. The Kier molecular flexibility index (Phi) is 3.49. The zero-order chi connectivity index (χ0) is 13.5. The molecule has 0 amide bonds. The van der Waals surface area contributed by atoms with E-state index in [1.165, 1.54) is 20.2 Å². The van der Waals surface area contributed by atoms with Gasteiger partial charge in [0.2, 0.25) is 0 Å². The highest BCUT2D eigenvalue weighted by Crippen LogP contribution is 2.32. The van der Waals surface area contributed by atoms with Gasteiger partial charge in [0.05, 0.1) is 9.17 Å². The summed E-state index contributed by atoms with van der Waals surface area (Å²) in [4.78, 5) is 10.6. The van der Waals surface area contributed by atoms with Gasteiger partial charge in [-0.3, -0.25) is 0 Å². The van der Waals surface area contributed by atoms with Crippen molar-refractivity contribution < 1.29 is 17.0 Å². The highest BCUT2D eigenvalue weighted by Gasteiger charge is 2.19. The SMILES string of the molecule is CN(C)S(=O)(=O)Oc1cc2oc(=O)sc2cc1Br. The molecule has 0 aliphatic carbocycles. The van der Waals surface area contributed by atoms with E-state index < -0.39 is 15.2 Å². The molecule has 0 spiro atoms. The van der Waals surface area contributed by atoms with Gasteiger partial charge in [0, 0.05) is 20.2 Å². The number of halogens is 1. The maximum Gasteiger partial charge on any atom is 0.396 e. The van der Waals surface area contributed by atoms with Crippen molar-refractivity contribution in [3.8, 4) is 5.75 Å². The molecule has 2 aromatic rings. The molecule has 0 radical (unpaired) electrons. The monoisotopic (exact) mass is 353 g/mol. The van der Waals surface area contributed by atoms with Gasteiger partial charge in [-0.15, -0.1) is 0 Å². The lowest BCUT2D eigenvalue weighted by molar-refractivity contribution is 0.420. The fourth-order valence-electron chi connectivity index (χ4n) is 1.13. The summed E-state index contributed by atoms with van der Waals surface area (Å²) in [6, 6.07) is 2.93. The van der Waals surface area contributed by atoms with Crippen LogP contribution in [0.15, 0.2) is 25.8 Å². The summed E-state index contributed by atoms with van der Waals surface area (Å²) in [5, 5.41) is 0. The first-order valence-corrected chi connectivity index (χ1v) is 7.62. The van der Waals surface area contributed by atoms with Crippen molar-refractivity contribution in [1.82, 2.24) is 4.31 Å². The molecule has 0 unspecified atom stereocenters. The lowest BCUT2D eigenvalue weighted by Crippen LogP contribution is -2.27. The van der Waals surface area contributed by atoms with Crippen molar-refractivity contribution in [2.45, 2.75) is 0 Å². The summed E-state index contributed by atoms with van der Waals surface area (Å²) in [6.45, 7) is 0. The van der Waals surface area contributed by atoms with E-state index >= 15 is 0 Å². The molecule has 0 saturated carbocycles. The van der Waals surface area contributed by atoms with Crippen LogP contribution < -0.4 is 9.12 Å². The molecular formula is C9H8BrNO5S2. The van der Waals surface area contributed by atoms with E-state index in [4.69, 9.17) is 8.60 Å². The van der Waals surface area contributed by atoms with Gasteiger partial charge in [0.1, 0.15) is 0 Å². The normalized spacial score (nSPS) is 12.2. The standard InChI is InChI=1S/C9H8BrNO5S2/c1-11(2)18(13,14)16-6-4-7-8(3-5(6)10)17-9(12)15-7/h3-4H,1-2H3. The quantitative estimate of drug-likeness (QED) is 0.840. The van der Waals surface area contributed by atoms with Gasteiger partial charge in [-0.25, -0.2) is 4.79 Å². The van der Waals surface area contributed by atoms with Gasteiger partial charge in [-0.2, -0.15) is 12.7 Å². The molecule has 0 atom stereocenters. The van der Waals surface area contributed by atoms with Crippen molar-refractivity contribution in [1.29, 1.82) is 0 Å². The third kappa shape index (κ3) is 2.58. The number of benzene rings is 1. The summed E-state index contributed by atoms with van der Waals surface area (Å²) in [5.74, 6) is 0.0674. The third-order valence-corrected chi connectivity index (χ3v) is 4.72. The van der Waals surface area contributed by atoms with E-state index in [0.29, 0.717) is 9.17 Å². The zero-order valence-electron chi connectivity index (χ0n) is 9.34. The third-order valence-electron chi connectivity index (χ3n) is 2.03. The van der Waals surface area contributed by atoms with Crippen LogP contribution in [0.25, 0.3) is 10.3 Å². The smallest absolute Gasteiger partial charge is 0.396 e. The Morgan fingerprint density at radius 2 is 2.06 bits per heavy atom. The maximum absolute atomic E-state index is 11.6. The molecule has 1 heterocycles. The van der Waals surface area contributed by atoms with Crippen LogP contribution in [0.4, 0.5) is 0 Å². The van der Waals surface area contributed by atoms with Gasteiger partial charge < -0.3 is 8.60 Å². The van der Waals surface area contributed by atoms with Crippen LogP contribution in [0.1, 0.15) is 0 Å². The average Bonchev–Trinajstić information content (AvgIpc) is 2.57. The number of hydrogen-bond acceptors (Lipinski definition) is 6. The predicted octanol–water partition coefficient (Wildman–Crippen LogP) is 1.80. The molecule has 6 nitrogen and oxygen atoms in total. The molecular weight excluding hydrogens is 346 g/mol. The topological polar surface area (TPSA) is 76.8 Å². The van der Waals surface area contributed by atoms with Gasteiger partial charge in [0.25, 0.3) is 0 Å². The molecule has 0 fully saturated rings. The average molecular weight is 354 g/mol. The van der Waals surface area contributed by atoms with E-state index in [0.717, 1.165) is 15.6 Å². The van der Waals surface area contributed by atoms with E-state index in [9.17, 15) is 13.2 Å². The number of hydrogen-bond donors (Lipinski definition) is 0. The molecule has 0 bridgehead atoms. The minimum atomic E-state index is -3.85. The van der Waals surface area contributed by atoms with Crippen LogP contribution in [0.2, 0.25) is 0 Å². The largest absolute Gasteiger partial charge is 0.414 e. The van der Waals surface area contributed by atoms with Crippen molar-refractivity contribution in [3.63, 3.8) is 0 Å². The second-order valence-electron chi connectivity index (χ2n) is 3.51. The number of fused-ring (bicyclic) bond motifs is 1. The molecule has 18 heavy (non-hydrogen) atoms. The van der Waals surface area contributed by atoms with Crippen LogP contribution in [-0.4, -0.2) is 26.8 Å². The van der Waals surface area contributed by atoms with Gasteiger partial charge in [0.15, 0.2) is 11.3 Å². The Labute approximate surface area is 115 Å². The van der Waals surface area contributed by atoms with Crippen molar-refractivity contribution in [2.24, 2.45) is 0 Å². The van der Waals surface area contributed by atoms with Crippen LogP contribution >= 0.6 is 27.3 Å². The van der Waals surface area contributed by atoms with Crippen LogP contribution in [0, 0.1) is 0 Å². The highest BCUT2D eigenvalue weighted by atomic mass is 79.9. The summed E-state index contributed by atoms with van der Waals surface area (Å²) in [7, 11) is -1.14. The molecule has 2 rings (SSSR count). The molecule has 0 saturated heterocycles. The van der Waals surface area contributed by atoms with Gasteiger partial charge >= 0.3 is 15.2 Å². The van der Waals surface area contributed by atoms with E-state index in [-0.39, 0.29) is 11.3 Å². The maximum atomic E-state index is 11.6. The number of nitrogens with zero attached hydrogens (tertiary/aromatic N) is 1. The Hall–Kier alpha value is -0.900. The fraction of sp³-hybridized carbons (Fsp3) is 0.222.